The highest BCUT2D eigenvalue weighted by atomic mass is 35.5. The van der Waals surface area contributed by atoms with Gasteiger partial charge >= 0.3 is 0 Å². The number of alkyl halides is 1. The Labute approximate surface area is 97.8 Å². The Balaban J connectivity index is 2.34. The van der Waals surface area contributed by atoms with Gasteiger partial charge in [-0.25, -0.2) is 0 Å². The third-order valence-corrected chi connectivity index (χ3v) is 2.72. The summed E-state index contributed by atoms with van der Waals surface area (Å²) >= 11 is 5.99. The molecule has 0 heterocycles. The second kappa shape index (κ2) is 6.86. The van der Waals surface area contributed by atoms with E-state index < -0.39 is 0 Å². The molecule has 0 aromatic heterocycles. The summed E-state index contributed by atoms with van der Waals surface area (Å²) in [7, 11) is 0. The molecule has 15 heavy (non-hydrogen) atoms. The Morgan fingerprint density at radius 3 is 2.47 bits per heavy atom. The zero-order valence-corrected chi connectivity index (χ0v) is 10.3. The minimum Gasteiger partial charge on any atom is -0.310 e. The number of nitrogens with one attached hydrogen (secondary N) is 1. The maximum Gasteiger partial charge on any atom is 0.0322 e. The van der Waals surface area contributed by atoms with Gasteiger partial charge in [0.1, 0.15) is 0 Å². The van der Waals surface area contributed by atoms with Gasteiger partial charge in [-0.05, 0) is 25.3 Å². The average molecular weight is 226 g/mol. The van der Waals surface area contributed by atoms with Gasteiger partial charge in [-0.15, -0.1) is 11.6 Å². The lowest BCUT2D eigenvalue weighted by Crippen LogP contribution is -2.29. The van der Waals surface area contributed by atoms with Gasteiger partial charge in [0, 0.05) is 18.0 Å². The molecule has 0 aliphatic carbocycles. The van der Waals surface area contributed by atoms with Crippen LogP contribution < -0.4 is 5.32 Å². The van der Waals surface area contributed by atoms with Crippen LogP contribution in [0.25, 0.3) is 0 Å². The first-order chi connectivity index (χ1) is 7.22. The number of halogens is 1. The Bertz CT molecular complexity index is 258. The van der Waals surface area contributed by atoms with Crippen LogP contribution in [0.5, 0.6) is 0 Å². The van der Waals surface area contributed by atoms with Crippen molar-refractivity contribution < 1.29 is 0 Å². The van der Waals surface area contributed by atoms with Gasteiger partial charge in [-0.3, -0.25) is 0 Å². The van der Waals surface area contributed by atoms with E-state index in [1.54, 1.807) is 0 Å². The van der Waals surface area contributed by atoms with E-state index in [2.05, 4.69) is 43.4 Å². The largest absolute Gasteiger partial charge is 0.310 e. The number of benzene rings is 1. The van der Waals surface area contributed by atoms with Gasteiger partial charge in [-0.2, -0.15) is 0 Å². The molecule has 0 aliphatic heterocycles. The lowest BCUT2D eigenvalue weighted by atomic mass is 10.1. The molecule has 2 unspecified atom stereocenters. The lowest BCUT2D eigenvalue weighted by Gasteiger charge is -2.18. The van der Waals surface area contributed by atoms with Crippen LogP contribution in [0.15, 0.2) is 30.3 Å². The maximum atomic E-state index is 5.99. The molecule has 0 saturated heterocycles. The van der Waals surface area contributed by atoms with Crippen molar-refractivity contribution >= 4 is 11.6 Å². The van der Waals surface area contributed by atoms with Crippen molar-refractivity contribution in [2.24, 2.45) is 0 Å². The summed E-state index contributed by atoms with van der Waals surface area (Å²) in [5.74, 6) is 0. The molecule has 0 aliphatic rings. The Morgan fingerprint density at radius 2 is 1.93 bits per heavy atom. The van der Waals surface area contributed by atoms with E-state index in [0.29, 0.717) is 6.04 Å². The van der Waals surface area contributed by atoms with Gasteiger partial charge < -0.3 is 5.32 Å². The van der Waals surface area contributed by atoms with Crippen LogP contribution >= 0.6 is 11.6 Å². The standard InChI is InChI=1S/C13H20ClN/c1-3-13(9-11(2)14)15-10-12-7-5-4-6-8-12/h4-8,11,13,15H,3,9-10H2,1-2H3. The Hall–Kier alpha value is -0.530. The summed E-state index contributed by atoms with van der Waals surface area (Å²) < 4.78 is 0. The molecule has 1 aromatic rings. The first-order valence-corrected chi connectivity index (χ1v) is 6.07. The average Bonchev–Trinajstić information content (AvgIpc) is 2.25. The van der Waals surface area contributed by atoms with E-state index in [1.165, 1.54) is 5.56 Å². The quantitative estimate of drug-likeness (QED) is 0.730. The molecule has 0 radical (unpaired) electrons. The van der Waals surface area contributed by atoms with Crippen molar-refractivity contribution in [2.75, 3.05) is 0 Å². The third kappa shape index (κ3) is 5.19. The van der Waals surface area contributed by atoms with E-state index in [4.69, 9.17) is 11.6 Å². The van der Waals surface area contributed by atoms with Crippen molar-refractivity contribution in [3.05, 3.63) is 35.9 Å². The lowest BCUT2D eigenvalue weighted by molar-refractivity contribution is 0.465. The fraction of sp³-hybridized carbons (Fsp3) is 0.538. The highest BCUT2D eigenvalue weighted by molar-refractivity contribution is 6.20. The second-order valence-corrected chi connectivity index (χ2v) is 4.73. The fourth-order valence-corrected chi connectivity index (χ4v) is 1.86. The summed E-state index contributed by atoms with van der Waals surface area (Å²) in [5.41, 5.74) is 1.33. The predicted octanol–water partition coefficient (Wildman–Crippen LogP) is 3.57. The van der Waals surface area contributed by atoms with E-state index in [-0.39, 0.29) is 5.38 Å². The van der Waals surface area contributed by atoms with Gasteiger partial charge in [0.2, 0.25) is 0 Å². The Morgan fingerprint density at radius 1 is 1.27 bits per heavy atom. The summed E-state index contributed by atoms with van der Waals surface area (Å²) in [6, 6.07) is 11.0. The normalized spacial score (nSPS) is 14.9. The van der Waals surface area contributed by atoms with Crippen molar-refractivity contribution in [3.63, 3.8) is 0 Å². The summed E-state index contributed by atoms with van der Waals surface area (Å²) in [5, 5.41) is 3.78. The van der Waals surface area contributed by atoms with Crippen LogP contribution in [0.4, 0.5) is 0 Å². The monoisotopic (exact) mass is 225 g/mol. The molecule has 0 spiro atoms. The molecule has 0 amide bonds. The summed E-state index contributed by atoms with van der Waals surface area (Å²) in [4.78, 5) is 0. The smallest absolute Gasteiger partial charge is 0.0322 e. The predicted molar refractivity (Wildman–Crippen MR) is 67.3 cm³/mol. The molecule has 0 bridgehead atoms. The molecule has 1 aromatic carbocycles. The van der Waals surface area contributed by atoms with E-state index >= 15 is 0 Å². The van der Waals surface area contributed by atoms with Crippen LogP contribution in [0.1, 0.15) is 32.3 Å². The highest BCUT2D eigenvalue weighted by Gasteiger charge is 2.08. The molecule has 84 valence electrons. The van der Waals surface area contributed by atoms with Crippen LogP contribution in [-0.2, 0) is 6.54 Å². The molecule has 1 N–H and O–H groups in total. The zero-order chi connectivity index (χ0) is 11.1. The molecule has 1 nitrogen and oxygen atoms in total. The minimum atomic E-state index is 0.248. The van der Waals surface area contributed by atoms with Gasteiger partial charge in [0.25, 0.3) is 0 Å². The van der Waals surface area contributed by atoms with Crippen molar-refractivity contribution in [3.8, 4) is 0 Å². The fourth-order valence-electron chi connectivity index (χ4n) is 1.64. The van der Waals surface area contributed by atoms with Gasteiger partial charge in [0.15, 0.2) is 0 Å². The summed E-state index contributed by atoms with van der Waals surface area (Å²) in [6.45, 7) is 5.18. The van der Waals surface area contributed by atoms with Crippen molar-refractivity contribution in [1.82, 2.24) is 5.32 Å². The third-order valence-electron chi connectivity index (χ3n) is 2.54. The van der Waals surface area contributed by atoms with E-state index in [9.17, 15) is 0 Å². The molecular weight excluding hydrogens is 206 g/mol. The van der Waals surface area contributed by atoms with Crippen LogP contribution in [0, 0.1) is 0 Å². The maximum absolute atomic E-state index is 5.99. The number of rotatable bonds is 6. The van der Waals surface area contributed by atoms with Crippen LogP contribution in [-0.4, -0.2) is 11.4 Å². The molecule has 0 saturated carbocycles. The van der Waals surface area contributed by atoms with Gasteiger partial charge in [-0.1, -0.05) is 37.3 Å². The van der Waals surface area contributed by atoms with Crippen molar-refractivity contribution in [2.45, 2.75) is 44.7 Å². The minimum absolute atomic E-state index is 0.248. The van der Waals surface area contributed by atoms with Gasteiger partial charge in [0.05, 0.1) is 0 Å². The number of hydrogen-bond acceptors (Lipinski definition) is 1. The molecule has 2 atom stereocenters. The molecule has 2 heteroatoms. The number of hydrogen-bond donors (Lipinski definition) is 1. The van der Waals surface area contributed by atoms with Crippen LogP contribution in [0.3, 0.4) is 0 Å². The molecular formula is C13H20ClN. The first-order valence-electron chi connectivity index (χ1n) is 5.63. The topological polar surface area (TPSA) is 12.0 Å². The first kappa shape index (κ1) is 12.5. The van der Waals surface area contributed by atoms with Crippen molar-refractivity contribution in [1.29, 1.82) is 0 Å². The van der Waals surface area contributed by atoms with E-state index in [1.807, 2.05) is 6.07 Å². The summed E-state index contributed by atoms with van der Waals surface area (Å²) in [6.07, 6.45) is 2.16. The zero-order valence-electron chi connectivity index (χ0n) is 9.54. The second-order valence-electron chi connectivity index (χ2n) is 3.99. The van der Waals surface area contributed by atoms with Crippen LogP contribution in [0.2, 0.25) is 0 Å². The molecule has 1 rings (SSSR count). The molecule has 0 fully saturated rings. The SMILES string of the molecule is CCC(CC(C)Cl)NCc1ccccc1. The highest BCUT2D eigenvalue weighted by Crippen LogP contribution is 2.08. The Kier molecular flexibility index (Phi) is 5.74. The van der Waals surface area contributed by atoms with E-state index in [0.717, 1.165) is 19.4 Å².